The third-order valence-corrected chi connectivity index (χ3v) is 3.65. The maximum Gasteiger partial charge on any atom is 0.258 e. The first kappa shape index (κ1) is 13.1. The third kappa shape index (κ3) is 3.11. The quantitative estimate of drug-likeness (QED) is 0.834. The van der Waals surface area contributed by atoms with Crippen LogP contribution in [0.5, 0.6) is 0 Å². The number of aliphatic hydroxyl groups is 1. The summed E-state index contributed by atoms with van der Waals surface area (Å²) in [5.41, 5.74) is 2.54. The molecule has 0 aliphatic carbocycles. The smallest absolute Gasteiger partial charge is 0.258 e. The second-order valence-corrected chi connectivity index (χ2v) is 5.25. The van der Waals surface area contributed by atoms with Crippen molar-refractivity contribution in [2.45, 2.75) is 19.1 Å². The number of hydrogen-bond donors (Lipinski definition) is 1. The minimum atomic E-state index is -0.0437. The van der Waals surface area contributed by atoms with Crippen LogP contribution in [0.1, 0.15) is 17.7 Å². The van der Waals surface area contributed by atoms with E-state index in [4.69, 9.17) is 5.11 Å². The topological polar surface area (TPSA) is 54.6 Å². The molecule has 18 heavy (non-hydrogen) atoms. The van der Waals surface area contributed by atoms with E-state index in [2.05, 4.69) is 4.98 Å². The summed E-state index contributed by atoms with van der Waals surface area (Å²) >= 11 is 1.68. The first-order chi connectivity index (χ1) is 8.70. The van der Waals surface area contributed by atoms with Crippen LogP contribution < -0.4 is 5.56 Å². The zero-order chi connectivity index (χ0) is 13.0. The standard InChI is InChI=1S/C13H16N2O2S/c1-10-3-4-15-12(7-10)14-11(8-13(15)17)9-18-6-2-5-16/h3-4,7-8,16H,2,5-6,9H2,1H3. The minimum absolute atomic E-state index is 0.0437. The van der Waals surface area contributed by atoms with E-state index in [1.54, 1.807) is 28.4 Å². The molecule has 2 rings (SSSR count). The molecule has 1 N–H and O–H groups in total. The molecule has 0 amide bonds. The van der Waals surface area contributed by atoms with Gasteiger partial charge in [0.25, 0.3) is 5.56 Å². The molecule has 2 heterocycles. The van der Waals surface area contributed by atoms with E-state index >= 15 is 0 Å². The summed E-state index contributed by atoms with van der Waals surface area (Å²) in [5.74, 6) is 1.59. The summed E-state index contributed by atoms with van der Waals surface area (Å²) in [4.78, 5) is 16.3. The van der Waals surface area contributed by atoms with Crippen molar-refractivity contribution in [3.8, 4) is 0 Å². The lowest BCUT2D eigenvalue weighted by Crippen LogP contribution is -2.15. The molecule has 0 fully saturated rings. The van der Waals surface area contributed by atoms with Crippen LogP contribution in [0, 0.1) is 6.92 Å². The number of pyridine rings is 1. The van der Waals surface area contributed by atoms with Crippen LogP contribution in [-0.4, -0.2) is 26.9 Å². The zero-order valence-electron chi connectivity index (χ0n) is 10.3. The predicted molar refractivity (Wildman–Crippen MR) is 74.1 cm³/mol. The van der Waals surface area contributed by atoms with Crippen LogP contribution in [0.2, 0.25) is 0 Å². The molecule has 0 aliphatic rings. The Morgan fingerprint density at radius 2 is 2.28 bits per heavy atom. The van der Waals surface area contributed by atoms with Gasteiger partial charge in [0.1, 0.15) is 5.65 Å². The van der Waals surface area contributed by atoms with Crippen LogP contribution in [-0.2, 0) is 5.75 Å². The molecule has 4 nitrogen and oxygen atoms in total. The number of aryl methyl sites for hydroxylation is 1. The normalized spacial score (nSPS) is 11.0. The maximum absolute atomic E-state index is 11.9. The molecule has 96 valence electrons. The molecule has 0 saturated carbocycles. The molecule has 0 aliphatic heterocycles. The SMILES string of the molecule is Cc1ccn2c(=O)cc(CSCCCO)nc2c1. The predicted octanol–water partition coefficient (Wildman–Crippen LogP) is 1.62. The van der Waals surface area contributed by atoms with Gasteiger partial charge in [-0.1, -0.05) is 0 Å². The molecule has 5 heteroatoms. The van der Waals surface area contributed by atoms with Crippen molar-refractivity contribution in [2.75, 3.05) is 12.4 Å². The Balaban J connectivity index is 2.22. The van der Waals surface area contributed by atoms with Crippen LogP contribution in [0.3, 0.4) is 0 Å². The summed E-state index contributed by atoms with van der Waals surface area (Å²) in [5, 5.41) is 8.70. The minimum Gasteiger partial charge on any atom is -0.396 e. The number of aromatic nitrogens is 2. The van der Waals surface area contributed by atoms with Gasteiger partial charge in [0, 0.05) is 24.6 Å². The molecule has 0 atom stereocenters. The lowest BCUT2D eigenvalue weighted by Gasteiger charge is -2.04. The van der Waals surface area contributed by atoms with Crippen LogP contribution in [0.4, 0.5) is 0 Å². The first-order valence-electron chi connectivity index (χ1n) is 5.88. The molecule has 0 aromatic carbocycles. The molecule has 0 radical (unpaired) electrons. The fourth-order valence-electron chi connectivity index (χ4n) is 1.67. The monoisotopic (exact) mass is 264 g/mol. The van der Waals surface area contributed by atoms with Gasteiger partial charge in [0.05, 0.1) is 5.69 Å². The van der Waals surface area contributed by atoms with Crippen molar-refractivity contribution in [1.29, 1.82) is 0 Å². The van der Waals surface area contributed by atoms with Crippen LogP contribution in [0.15, 0.2) is 29.2 Å². The Hall–Kier alpha value is -1.33. The number of rotatable bonds is 5. The molecule has 0 bridgehead atoms. The average Bonchev–Trinajstić information content (AvgIpc) is 2.34. The maximum atomic E-state index is 11.9. The molecule has 2 aromatic rings. The van der Waals surface area contributed by atoms with Crippen molar-refractivity contribution in [1.82, 2.24) is 9.38 Å². The Bertz CT molecular complexity index is 595. The Labute approximate surface area is 110 Å². The summed E-state index contributed by atoms with van der Waals surface area (Å²) in [7, 11) is 0. The number of hydrogen-bond acceptors (Lipinski definition) is 4. The van der Waals surface area contributed by atoms with Gasteiger partial charge in [-0.3, -0.25) is 9.20 Å². The van der Waals surface area contributed by atoms with E-state index in [0.29, 0.717) is 11.4 Å². The largest absolute Gasteiger partial charge is 0.396 e. The Kier molecular flexibility index (Phi) is 4.38. The first-order valence-corrected chi connectivity index (χ1v) is 7.04. The van der Waals surface area contributed by atoms with E-state index < -0.39 is 0 Å². The van der Waals surface area contributed by atoms with E-state index in [9.17, 15) is 4.79 Å². The fraction of sp³-hybridized carbons (Fsp3) is 0.385. The van der Waals surface area contributed by atoms with E-state index in [-0.39, 0.29) is 12.2 Å². The van der Waals surface area contributed by atoms with Crippen molar-refractivity contribution in [3.63, 3.8) is 0 Å². The second kappa shape index (κ2) is 6.02. The molecule has 0 saturated heterocycles. The van der Waals surface area contributed by atoms with Gasteiger partial charge >= 0.3 is 0 Å². The van der Waals surface area contributed by atoms with Gasteiger partial charge in [-0.25, -0.2) is 4.98 Å². The van der Waals surface area contributed by atoms with Gasteiger partial charge in [0.2, 0.25) is 0 Å². The number of aliphatic hydroxyl groups excluding tert-OH is 1. The van der Waals surface area contributed by atoms with Crippen LogP contribution >= 0.6 is 11.8 Å². The summed E-state index contributed by atoms with van der Waals surface area (Å²) in [6.45, 7) is 2.19. The van der Waals surface area contributed by atoms with Gasteiger partial charge < -0.3 is 5.11 Å². The lowest BCUT2D eigenvalue weighted by molar-refractivity contribution is 0.296. The van der Waals surface area contributed by atoms with E-state index in [0.717, 1.165) is 23.4 Å². The van der Waals surface area contributed by atoms with Gasteiger partial charge in [0.15, 0.2) is 0 Å². The molecular weight excluding hydrogens is 248 g/mol. The van der Waals surface area contributed by atoms with Crippen LogP contribution in [0.25, 0.3) is 5.65 Å². The van der Waals surface area contributed by atoms with Crippen molar-refractivity contribution < 1.29 is 5.11 Å². The van der Waals surface area contributed by atoms with Crippen molar-refractivity contribution >= 4 is 17.4 Å². The van der Waals surface area contributed by atoms with Gasteiger partial charge in [-0.2, -0.15) is 11.8 Å². The second-order valence-electron chi connectivity index (χ2n) is 4.15. The van der Waals surface area contributed by atoms with Gasteiger partial charge in [-0.05, 0) is 36.8 Å². The fourth-order valence-corrected chi connectivity index (χ4v) is 2.51. The molecule has 0 spiro atoms. The summed E-state index contributed by atoms with van der Waals surface area (Å²) in [6.07, 6.45) is 2.53. The highest BCUT2D eigenvalue weighted by atomic mass is 32.2. The lowest BCUT2D eigenvalue weighted by atomic mass is 10.3. The molecular formula is C13H16N2O2S. The highest BCUT2D eigenvalue weighted by Gasteiger charge is 2.02. The van der Waals surface area contributed by atoms with Crippen molar-refractivity contribution in [2.24, 2.45) is 0 Å². The number of nitrogens with zero attached hydrogens (tertiary/aromatic N) is 2. The van der Waals surface area contributed by atoms with Gasteiger partial charge in [-0.15, -0.1) is 0 Å². The number of thioether (sulfide) groups is 1. The molecule has 2 aromatic heterocycles. The Morgan fingerprint density at radius 3 is 3.06 bits per heavy atom. The molecule has 0 unspecified atom stereocenters. The average molecular weight is 264 g/mol. The van der Waals surface area contributed by atoms with E-state index in [1.807, 2.05) is 19.1 Å². The highest BCUT2D eigenvalue weighted by Crippen LogP contribution is 2.11. The van der Waals surface area contributed by atoms with E-state index in [1.165, 1.54) is 0 Å². The Morgan fingerprint density at radius 1 is 1.44 bits per heavy atom. The number of fused-ring (bicyclic) bond motifs is 1. The summed E-state index contributed by atoms with van der Waals surface area (Å²) in [6, 6.07) is 5.38. The zero-order valence-corrected chi connectivity index (χ0v) is 11.1. The highest BCUT2D eigenvalue weighted by molar-refractivity contribution is 7.98. The third-order valence-electron chi connectivity index (χ3n) is 2.57. The summed E-state index contributed by atoms with van der Waals surface area (Å²) < 4.78 is 1.55. The van der Waals surface area contributed by atoms with Crippen molar-refractivity contribution in [3.05, 3.63) is 46.0 Å².